The highest BCUT2D eigenvalue weighted by Gasteiger charge is 2.24. The van der Waals surface area contributed by atoms with E-state index < -0.39 is 10.0 Å². The molecule has 0 unspecified atom stereocenters. The molecule has 0 spiro atoms. The van der Waals surface area contributed by atoms with Gasteiger partial charge in [-0.3, -0.25) is 4.79 Å². The van der Waals surface area contributed by atoms with Crippen LogP contribution in [-0.2, 0) is 21.2 Å². The standard InChI is InChI=1S/C15H20N4O4S2/c1-25(21,22)18-12-4-7-19(8-5-12)14(20)3-2-13-16-15(17-23-13)11-6-9-24-10-11/h6,9-10,12,18H,2-5,7-8H2,1H3. The monoisotopic (exact) mass is 384 g/mol. The first kappa shape index (κ1) is 18.0. The topological polar surface area (TPSA) is 105 Å². The lowest BCUT2D eigenvalue weighted by atomic mass is 10.1. The lowest BCUT2D eigenvalue weighted by Crippen LogP contribution is -2.46. The Labute approximate surface area is 150 Å². The molecule has 1 N–H and O–H groups in total. The molecular formula is C15H20N4O4S2. The number of carbonyl (C=O) groups is 1. The number of rotatable bonds is 6. The molecule has 2 aromatic rings. The van der Waals surface area contributed by atoms with Crippen LogP contribution in [0.25, 0.3) is 11.4 Å². The molecule has 3 heterocycles. The Morgan fingerprint density at radius 3 is 2.84 bits per heavy atom. The normalized spacial score (nSPS) is 16.3. The Kier molecular flexibility index (Phi) is 5.50. The van der Waals surface area contributed by atoms with Gasteiger partial charge in [-0.25, -0.2) is 13.1 Å². The Hall–Kier alpha value is -1.78. The summed E-state index contributed by atoms with van der Waals surface area (Å²) in [7, 11) is -3.20. The van der Waals surface area contributed by atoms with Gasteiger partial charge in [-0.2, -0.15) is 16.3 Å². The van der Waals surface area contributed by atoms with Crippen LogP contribution >= 0.6 is 11.3 Å². The van der Waals surface area contributed by atoms with Crippen molar-refractivity contribution in [3.63, 3.8) is 0 Å². The number of aromatic nitrogens is 2. The van der Waals surface area contributed by atoms with Crippen molar-refractivity contribution in [3.05, 3.63) is 22.7 Å². The molecule has 0 saturated carbocycles. The Morgan fingerprint density at radius 1 is 1.44 bits per heavy atom. The maximum atomic E-state index is 12.3. The zero-order valence-electron chi connectivity index (χ0n) is 13.8. The molecular weight excluding hydrogens is 364 g/mol. The van der Waals surface area contributed by atoms with Gasteiger partial charge in [-0.05, 0) is 24.3 Å². The van der Waals surface area contributed by atoms with Crippen molar-refractivity contribution in [1.82, 2.24) is 19.8 Å². The summed E-state index contributed by atoms with van der Waals surface area (Å²) in [6, 6.07) is 1.82. The third-order valence-electron chi connectivity index (χ3n) is 4.03. The second kappa shape index (κ2) is 7.63. The number of carbonyl (C=O) groups excluding carboxylic acids is 1. The summed E-state index contributed by atoms with van der Waals surface area (Å²) in [5.74, 6) is 1.01. The molecule has 0 radical (unpaired) electrons. The summed E-state index contributed by atoms with van der Waals surface area (Å²) in [6.45, 7) is 1.10. The summed E-state index contributed by atoms with van der Waals surface area (Å²) in [5, 5.41) is 7.80. The largest absolute Gasteiger partial charge is 0.343 e. The molecule has 1 aliphatic heterocycles. The van der Waals surface area contributed by atoms with Gasteiger partial charge >= 0.3 is 0 Å². The molecule has 3 rings (SSSR count). The van der Waals surface area contributed by atoms with Crippen LogP contribution in [0.2, 0.25) is 0 Å². The number of hydrogen-bond acceptors (Lipinski definition) is 7. The lowest BCUT2D eigenvalue weighted by Gasteiger charge is -2.32. The zero-order valence-corrected chi connectivity index (χ0v) is 15.5. The average Bonchev–Trinajstić information content (AvgIpc) is 3.23. The minimum Gasteiger partial charge on any atom is -0.343 e. The van der Waals surface area contributed by atoms with Gasteiger partial charge in [-0.15, -0.1) is 0 Å². The Morgan fingerprint density at radius 2 is 2.20 bits per heavy atom. The predicted molar refractivity (Wildman–Crippen MR) is 93.5 cm³/mol. The number of piperidine rings is 1. The molecule has 25 heavy (non-hydrogen) atoms. The molecule has 8 nitrogen and oxygen atoms in total. The first-order valence-corrected chi connectivity index (χ1v) is 10.8. The first-order chi connectivity index (χ1) is 11.9. The third kappa shape index (κ3) is 5.10. The van der Waals surface area contributed by atoms with Crippen molar-refractivity contribution in [2.24, 2.45) is 0 Å². The minimum absolute atomic E-state index is 0.0214. The summed E-state index contributed by atoms with van der Waals surface area (Å²) < 4.78 is 30.3. The van der Waals surface area contributed by atoms with E-state index >= 15 is 0 Å². The molecule has 0 aromatic carbocycles. The molecule has 136 valence electrons. The third-order valence-corrected chi connectivity index (χ3v) is 5.47. The van der Waals surface area contributed by atoms with Crippen molar-refractivity contribution in [2.75, 3.05) is 19.3 Å². The fraction of sp³-hybridized carbons (Fsp3) is 0.533. The molecule has 10 heteroatoms. The number of hydrogen-bond donors (Lipinski definition) is 1. The van der Waals surface area contributed by atoms with Crippen LogP contribution in [0.4, 0.5) is 0 Å². The van der Waals surface area contributed by atoms with E-state index in [1.165, 1.54) is 0 Å². The Balaban J connectivity index is 1.46. The molecule has 0 bridgehead atoms. The van der Waals surface area contributed by atoms with E-state index in [-0.39, 0.29) is 11.9 Å². The van der Waals surface area contributed by atoms with Gasteiger partial charge in [0.05, 0.1) is 6.26 Å². The zero-order chi connectivity index (χ0) is 17.9. The van der Waals surface area contributed by atoms with Gasteiger partial charge in [0.2, 0.25) is 27.6 Å². The molecule has 1 amide bonds. The van der Waals surface area contributed by atoms with E-state index in [0.29, 0.717) is 50.5 Å². The van der Waals surface area contributed by atoms with Crippen LogP contribution in [0.5, 0.6) is 0 Å². The highest BCUT2D eigenvalue weighted by atomic mass is 32.2. The minimum atomic E-state index is -3.20. The fourth-order valence-corrected chi connectivity index (χ4v) is 4.26. The lowest BCUT2D eigenvalue weighted by molar-refractivity contribution is -0.132. The van der Waals surface area contributed by atoms with Gasteiger partial charge in [0.25, 0.3) is 0 Å². The van der Waals surface area contributed by atoms with Crippen molar-refractivity contribution >= 4 is 27.3 Å². The first-order valence-electron chi connectivity index (χ1n) is 8.01. The SMILES string of the molecule is CS(=O)(=O)NC1CCN(C(=O)CCc2nc(-c3ccsc3)no2)CC1. The second-order valence-electron chi connectivity index (χ2n) is 6.07. The van der Waals surface area contributed by atoms with Gasteiger partial charge < -0.3 is 9.42 Å². The maximum Gasteiger partial charge on any atom is 0.227 e. The van der Waals surface area contributed by atoms with Crippen LogP contribution in [0.15, 0.2) is 21.3 Å². The summed E-state index contributed by atoms with van der Waals surface area (Å²) in [4.78, 5) is 18.4. The van der Waals surface area contributed by atoms with Crippen molar-refractivity contribution in [3.8, 4) is 11.4 Å². The van der Waals surface area contributed by atoms with Crippen molar-refractivity contribution < 1.29 is 17.7 Å². The number of amides is 1. The number of likely N-dealkylation sites (tertiary alicyclic amines) is 1. The highest BCUT2D eigenvalue weighted by Crippen LogP contribution is 2.19. The number of sulfonamides is 1. The number of aryl methyl sites for hydroxylation is 1. The number of nitrogens with one attached hydrogen (secondary N) is 1. The summed E-state index contributed by atoms with van der Waals surface area (Å²) >= 11 is 1.56. The van der Waals surface area contributed by atoms with Crippen molar-refractivity contribution in [1.29, 1.82) is 0 Å². The van der Waals surface area contributed by atoms with Gasteiger partial charge in [0, 0.05) is 42.9 Å². The molecule has 2 aromatic heterocycles. The van der Waals surface area contributed by atoms with E-state index in [0.717, 1.165) is 11.8 Å². The average molecular weight is 384 g/mol. The van der Waals surface area contributed by atoms with E-state index in [1.807, 2.05) is 16.8 Å². The number of thiophene rings is 1. The van der Waals surface area contributed by atoms with Crippen LogP contribution in [-0.4, -0.2) is 54.8 Å². The molecule has 0 aliphatic carbocycles. The van der Waals surface area contributed by atoms with E-state index in [1.54, 1.807) is 16.2 Å². The smallest absolute Gasteiger partial charge is 0.227 e. The molecule has 1 saturated heterocycles. The van der Waals surface area contributed by atoms with E-state index in [4.69, 9.17) is 4.52 Å². The van der Waals surface area contributed by atoms with Gasteiger partial charge in [0.15, 0.2) is 0 Å². The maximum absolute atomic E-state index is 12.3. The van der Waals surface area contributed by atoms with E-state index in [9.17, 15) is 13.2 Å². The fourth-order valence-electron chi connectivity index (χ4n) is 2.79. The predicted octanol–water partition coefficient (Wildman–Crippen LogP) is 1.27. The van der Waals surface area contributed by atoms with Crippen LogP contribution < -0.4 is 4.72 Å². The quantitative estimate of drug-likeness (QED) is 0.804. The molecule has 0 atom stereocenters. The molecule has 1 aliphatic rings. The van der Waals surface area contributed by atoms with Crippen molar-refractivity contribution in [2.45, 2.75) is 31.7 Å². The summed E-state index contributed by atoms with van der Waals surface area (Å²) in [5.41, 5.74) is 0.909. The Bertz CT molecular complexity index is 808. The summed E-state index contributed by atoms with van der Waals surface area (Å²) in [6.07, 6.45) is 3.11. The van der Waals surface area contributed by atoms with Crippen LogP contribution in [0.3, 0.4) is 0 Å². The van der Waals surface area contributed by atoms with Crippen LogP contribution in [0, 0.1) is 0 Å². The van der Waals surface area contributed by atoms with Gasteiger partial charge in [0.1, 0.15) is 0 Å². The van der Waals surface area contributed by atoms with Crippen LogP contribution in [0.1, 0.15) is 25.2 Å². The second-order valence-corrected chi connectivity index (χ2v) is 8.63. The van der Waals surface area contributed by atoms with E-state index in [2.05, 4.69) is 14.9 Å². The van der Waals surface area contributed by atoms with Gasteiger partial charge in [-0.1, -0.05) is 5.16 Å². The molecule has 1 fully saturated rings. The highest BCUT2D eigenvalue weighted by molar-refractivity contribution is 7.88. The number of nitrogens with zero attached hydrogens (tertiary/aromatic N) is 3.